The van der Waals surface area contributed by atoms with Gasteiger partial charge in [0.25, 0.3) is 0 Å². The molecule has 1 atom stereocenters. The molecule has 120 valence electrons. The highest BCUT2D eigenvalue weighted by atomic mass is 16.5. The van der Waals surface area contributed by atoms with Crippen LogP contribution in [0.3, 0.4) is 0 Å². The molecule has 22 heavy (non-hydrogen) atoms. The fourth-order valence-electron chi connectivity index (χ4n) is 4.51. The fraction of sp³-hybridized carbons (Fsp3) is 0.684. The van der Waals surface area contributed by atoms with Gasteiger partial charge >= 0.3 is 0 Å². The van der Waals surface area contributed by atoms with Crippen molar-refractivity contribution in [2.45, 2.75) is 56.6 Å². The second-order valence-corrected chi connectivity index (χ2v) is 7.24. The Morgan fingerprint density at radius 2 is 1.73 bits per heavy atom. The zero-order chi connectivity index (χ0) is 14.8. The first kappa shape index (κ1) is 14.5. The van der Waals surface area contributed by atoms with Crippen LogP contribution in [0.25, 0.3) is 0 Å². The second kappa shape index (κ2) is 6.21. The molecule has 3 aliphatic rings. The summed E-state index contributed by atoms with van der Waals surface area (Å²) in [5, 5.41) is 3.49. The van der Waals surface area contributed by atoms with Crippen LogP contribution in [0.4, 0.5) is 0 Å². The quantitative estimate of drug-likeness (QED) is 0.859. The Balaban J connectivity index is 1.65. The summed E-state index contributed by atoms with van der Waals surface area (Å²) in [6, 6.07) is 9.33. The maximum atomic E-state index is 6.55. The van der Waals surface area contributed by atoms with Gasteiger partial charge in [0.2, 0.25) is 0 Å². The molecule has 0 aliphatic carbocycles. The number of piperidine rings is 1. The minimum atomic E-state index is 0.0660. The molecule has 4 rings (SSSR count). The lowest BCUT2D eigenvalue weighted by molar-refractivity contribution is -0.0194. The Morgan fingerprint density at radius 3 is 2.50 bits per heavy atom. The minimum Gasteiger partial charge on any atom is -0.487 e. The normalized spacial score (nSPS) is 28.6. The first-order valence-corrected chi connectivity index (χ1v) is 9.09. The largest absolute Gasteiger partial charge is 0.487 e. The summed E-state index contributed by atoms with van der Waals surface area (Å²) in [7, 11) is 0. The van der Waals surface area contributed by atoms with Gasteiger partial charge in [-0.2, -0.15) is 0 Å². The monoisotopic (exact) mass is 300 g/mol. The molecule has 1 aromatic rings. The van der Waals surface area contributed by atoms with Crippen molar-refractivity contribution in [1.82, 2.24) is 10.2 Å². The summed E-state index contributed by atoms with van der Waals surface area (Å²) in [6.07, 6.45) is 8.97. The Labute approximate surface area is 134 Å². The predicted molar refractivity (Wildman–Crippen MR) is 89.3 cm³/mol. The van der Waals surface area contributed by atoms with E-state index in [1.807, 2.05) is 0 Å². The average molecular weight is 300 g/mol. The zero-order valence-corrected chi connectivity index (χ0v) is 13.5. The standard InChI is InChI=1S/C19H28N2O/c1-2-6-14-21(13-5-1)17-15-19(9-11-20-12-10-19)22-18-8-4-3-7-16(17)18/h3-4,7-8,17,20H,1-2,5-6,9-15H2. The molecule has 3 heterocycles. The van der Waals surface area contributed by atoms with E-state index in [1.54, 1.807) is 0 Å². The summed E-state index contributed by atoms with van der Waals surface area (Å²) in [5.74, 6) is 1.14. The molecule has 3 heteroatoms. The molecule has 0 aromatic heterocycles. The maximum Gasteiger partial charge on any atom is 0.124 e. The predicted octanol–water partition coefficient (Wildman–Crippen LogP) is 3.51. The van der Waals surface area contributed by atoms with E-state index in [2.05, 4.69) is 34.5 Å². The number of nitrogens with zero attached hydrogens (tertiary/aromatic N) is 1. The van der Waals surface area contributed by atoms with Crippen LogP contribution < -0.4 is 10.1 Å². The number of ether oxygens (including phenoxy) is 1. The summed E-state index contributed by atoms with van der Waals surface area (Å²) in [4.78, 5) is 2.75. The van der Waals surface area contributed by atoms with Gasteiger partial charge in [-0.25, -0.2) is 0 Å². The summed E-state index contributed by atoms with van der Waals surface area (Å²) >= 11 is 0. The van der Waals surface area contributed by atoms with Crippen LogP contribution >= 0.6 is 0 Å². The lowest BCUT2D eigenvalue weighted by Gasteiger charge is -2.47. The van der Waals surface area contributed by atoms with Crippen molar-refractivity contribution in [1.29, 1.82) is 0 Å². The topological polar surface area (TPSA) is 24.5 Å². The van der Waals surface area contributed by atoms with Crippen LogP contribution in [0.15, 0.2) is 24.3 Å². The van der Waals surface area contributed by atoms with Crippen molar-refractivity contribution in [3.63, 3.8) is 0 Å². The molecule has 0 amide bonds. The average Bonchev–Trinajstić information content (AvgIpc) is 2.84. The van der Waals surface area contributed by atoms with Gasteiger partial charge in [0.05, 0.1) is 0 Å². The zero-order valence-electron chi connectivity index (χ0n) is 13.5. The van der Waals surface area contributed by atoms with Gasteiger partial charge in [-0.05, 0) is 57.9 Å². The van der Waals surface area contributed by atoms with Gasteiger partial charge in [0.15, 0.2) is 0 Å². The Bertz CT molecular complexity index is 502. The molecule has 0 radical (unpaired) electrons. The molecule has 0 bridgehead atoms. The van der Waals surface area contributed by atoms with E-state index in [1.165, 1.54) is 50.8 Å². The molecule has 0 saturated carbocycles. The van der Waals surface area contributed by atoms with E-state index in [0.717, 1.165) is 31.7 Å². The van der Waals surface area contributed by atoms with Crippen molar-refractivity contribution >= 4 is 0 Å². The maximum absolute atomic E-state index is 6.55. The highest BCUT2D eigenvalue weighted by Crippen LogP contribution is 2.46. The SMILES string of the molecule is c1ccc2c(c1)OC1(CCNCC1)CC2N1CCCCCC1. The van der Waals surface area contributed by atoms with E-state index < -0.39 is 0 Å². The number of fused-ring (bicyclic) bond motifs is 1. The third kappa shape index (κ3) is 2.77. The molecule has 2 saturated heterocycles. The van der Waals surface area contributed by atoms with Gasteiger partial charge in [0, 0.05) is 18.0 Å². The molecule has 3 nitrogen and oxygen atoms in total. The highest BCUT2D eigenvalue weighted by molar-refractivity contribution is 5.39. The molecular weight excluding hydrogens is 272 g/mol. The molecular formula is C19H28N2O. The van der Waals surface area contributed by atoms with Crippen molar-refractivity contribution in [2.24, 2.45) is 0 Å². The summed E-state index contributed by atoms with van der Waals surface area (Å²) < 4.78 is 6.55. The van der Waals surface area contributed by atoms with Crippen LogP contribution in [-0.2, 0) is 0 Å². The van der Waals surface area contributed by atoms with Crippen LogP contribution in [0.1, 0.15) is 56.6 Å². The van der Waals surface area contributed by atoms with E-state index in [-0.39, 0.29) is 5.60 Å². The number of rotatable bonds is 1. The molecule has 3 aliphatic heterocycles. The highest BCUT2D eigenvalue weighted by Gasteiger charge is 2.43. The van der Waals surface area contributed by atoms with Crippen molar-refractivity contribution in [2.75, 3.05) is 26.2 Å². The van der Waals surface area contributed by atoms with E-state index in [0.29, 0.717) is 6.04 Å². The van der Waals surface area contributed by atoms with E-state index in [9.17, 15) is 0 Å². The fourth-order valence-corrected chi connectivity index (χ4v) is 4.51. The minimum absolute atomic E-state index is 0.0660. The van der Waals surface area contributed by atoms with Gasteiger partial charge in [-0.1, -0.05) is 31.0 Å². The van der Waals surface area contributed by atoms with Crippen LogP contribution in [-0.4, -0.2) is 36.7 Å². The van der Waals surface area contributed by atoms with E-state index in [4.69, 9.17) is 4.74 Å². The third-order valence-corrected chi connectivity index (χ3v) is 5.77. The van der Waals surface area contributed by atoms with Crippen molar-refractivity contribution in [3.05, 3.63) is 29.8 Å². The van der Waals surface area contributed by atoms with E-state index >= 15 is 0 Å². The van der Waals surface area contributed by atoms with Gasteiger partial charge in [0.1, 0.15) is 11.4 Å². The third-order valence-electron chi connectivity index (χ3n) is 5.77. The van der Waals surface area contributed by atoms with Crippen LogP contribution in [0.2, 0.25) is 0 Å². The van der Waals surface area contributed by atoms with Crippen molar-refractivity contribution < 1.29 is 4.74 Å². The molecule has 1 N–H and O–H groups in total. The summed E-state index contributed by atoms with van der Waals surface area (Å²) in [6.45, 7) is 4.70. The Kier molecular flexibility index (Phi) is 4.10. The van der Waals surface area contributed by atoms with Crippen molar-refractivity contribution in [3.8, 4) is 5.75 Å². The number of likely N-dealkylation sites (tertiary alicyclic amines) is 1. The smallest absolute Gasteiger partial charge is 0.124 e. The van der Waals surface area contributed by atoms with Gasteiger partial charge < -0.3 is 10.1 Å². The lowest BCUT2D eigenvalue weighted by Crippen LogP contribution is -2.51. The Hall–Kier alpha value is -1.06. The lowest BCUT2D eigenvalue weighted by atomic mass is 9.80. The van der Waals surface area contributed by atoms with Gasteiger partial charge in [-0.3, -0.25) is 4.90 Å². The number of nitrogens with one attached hydrogen (secondary N) is 1. The molecule has 1 unspecified atom stereocenters. The first-order chi connectivity index (χ1) is 10.9. The van der Waals surface area contributed by atoms with Gasteiger partial charge in [-0.15, -0.1) is 0 Å². The second-order valence-electron chi connectivity index (χ2n) is 7.24. The number of hydrogen-bond donors (Lipinski definition) is 1. The Morgan fingerprint density at radius 1 is 1.00 bits per heavy atom. The van der Waals surface area contributed by atoms with Crippen LogP contribution in [0, 0.1) is 0 Å². The molecule has 1 spiro atoms. The molecule has 2 fully saturated rings. The molecule has 1 aromatic carbocycles. The van der Waals surface area contributed by atoms with Crippen LogP contribution in [0.5, 0.6) is 5.75 Å². The number of benzene rings is 1. The first-order valence-electron chi connectivity index (χ1n) is 9.09. The number of para-hydroxylation sites is 1. The number of hydrogen-bond acceptors (Lipinski definition) is 3. The summed E-state index contributed by atoms with van der Waals surface area (Å²) in [5.41, 5.74) is 1.49.